The van der Waals surface area contributed by atoms with E-state index in [2.05, 4.69) is 6.07 Å². The Morgan fingerprint density at radius 1 is 0.330 bits per heavy atom. The zero-order valence-corrected chi connectivity index (χ0v) is 64.0. The van der Waals surface area contributed by atoms with Crippen LogP contribution >= 0.6 is 0 Å². The Morgan fingerprint density at radius 2 is 0.604 bits per heavy atom. The summed E-state index contributed by atoms with van der Waals surface area (Å²) >= 11 is 0. The smallest absolute Gasteiger partial charge is 0.317 e. The zero-order valence-electron chi connectivity index (χ0n) is 59.5. The van der Waals surface area contributed by atoms with E-state index < -0.39 is 47.9 Å². The fraction of sp³-hybridized carbons (Fsp3) is 0.500. The number of benzene rings is 5. The van der Waals surface area contributed by atoms with Crippen molar-refractivity contribution in [2.24, 2.45) is 11.5 Å². The molecule has 584 valence electrons. The number of carboxylic acid groups (broad SMARTS) is 6. The van der Waals surface area contributed by atoms with E-state index >= 15 is 0 Å². The van der Waals surface area contributed by atoms with Gasteiger partial charge in [0.1, 0.15) is 24.8 Å². The van der Waals surface area contributed by atoms with Gasteiger partial charge in [-0.25, -0.2) is 0 Å². The van der Waals surface area contributed by atoms with Crippen molar-refractivity contribution in [3.8, 4) is 0 Å². The molecule has 2 heterocycles. The molecule has 2 aliphatic rings. The van der Waals surface area contributed by atoms with E-state index in [1.807, 2.05) is 125 Å². The molecule has 28 nitrogen and oxygen atoms in total. The maximum absolute atomic E-state index is 13.1. The van der Waals surface area contributed by atoms with Gasteiger partial charge in [-0.3, -0.25) is 87.1 Å². The molecule has 2 atom stereocenters. The standard InChI is InChI=1S/C39H51N5O9.C36H51N5O9.CH4.2Gd/c40-35(22-31-9-11-32-3-1-2-4-33(32)21-31)36(46)28-53-27-30-7-5-29(6-8-30)10-12-34(45)23-41-13-15-42(24-37(47)48)17-19-44(26-39(51)52)20-18-43(16-14-41)25-38(49)50;37-32(13-11-28-4-2-1-3-5-28)33(43)27-50-26-30-8-6-29(7-9-30)10-12-31(42)22-38-14-16-39(23-34(44)45)18-20-41(25-36(48)49)21-19-40(17-15-38)24-35(46)47;;;/h1-9,11,21,35H,10,12-20,22-28,40H2,(H,47,48)(H,49,50)(H,51,52);1-9,32H,10-27,37H2,(H,44,45)(H,46,47)(H,48,49);1H4;;/t35-;32-;;;/m11.../s1. The van der Waals surface area contributed by atoms with Crippen LogP contribution in [-0.4, -0.2) is 311 Å². The van der Waals surface area contributed by atoms with Crippen molar-refractivity contribution in [3.05, 3.63) is 155 Å². The first-order valence-electron chi connectivity index (χ1n) is 34.9. The van der Waals surface area contributed by atoms with E-state index in [9.17, 15) is 78.6 Å². The monoisotopic (exact) mass is 1760 g/mol. The summed E-state index contributed by atoms with van der Waals surface area (Å²) in [7, 11) is 0. The van der Waals surface area contributed by atoms with Crippen molar-refractivity contribution in [1.29, 1.82) is 0 Å². The molecular formula is C76H106Gd2N10O18. The molecular weight excluding hydrogens is 1660 g/mol. The third-order valence-electron chi connectivity index (χ3n) is 18.0. The van der Waals surface area contributed by atoms with Crippen LogP contribution in [0.3, 0.4) is 0 Å². The van der Waals surface area contributed by atoms with Gasteiger partial charge in [0, 0.05) is 197 Å². The summed E-state index contributed by atoms with van der Waals surface area (Å²) in [5, 5.41) is 58.6. The second-order valence-corrected chi connectivity index (χ2v) is 26.3. The topological polar surface area (TPSA) is 389 Å². The third-order valence-corrected chi connectivity index (χ3v) is 18.0. The van der Waals surface area contributed by atoms with Crippen LogP contribution in [0.2, 0.25) is 0 Å². The first-order chi connectivity index (χ1) is 49.4. The van der Waals surface area contributed by atoms with Crippen LogP contribution in [0.25, 0.3) is 10.8 Å². The first-order valence-corrected chi connectivity index (χ1v) is 34.9. The molecule has 0 unspecified atom stereocenters. The number of ketones is 4. The number of hydrogen-bond acceptors (Lipinski definition) is 22. The normalized spacial score (nSPS) is 16.0. The van der Waals surface area contributed by atoms with Gasteiger partial charge in [-0.2, -0.15) is 0 Å². The van der Waals surface area contributed by atoms with Crippen molar-refractivity contribution in [1.82, 2.24) is 39.2 Å². The molecule has 10 N–H and O–H groups in total. The summed E-state index contributed by atoms with van der Waals surface area (Å²) in [6.45, 7) is 4.81. The average molecular weight is 1760 g/mol. The number of hydrogen-bond donors (Lipinski definition) is 8. The third kappa shape index (κ3) is 39.4. The van der Waals surface area contributed by atoms with Crippen molar-refractivity contribution in [2.45, 2.75) is 77.7 Å². The van der Waals surface area contributed by atoms with Crippen LogP contribution < -0.4 is 11.5 Å². The van der Waals surface area contributed by atoms with Gasteiger partial charge in [0.05, 0.1) is 77.7 Å². The van der Waals surface area contributed by atoms with Gasteiger partial charge in [-0.15, -0.1) is 0 Å². The molecule has 2 aliphatic heterocycles. The minimum absolute atomic E-state index is 0. The number of aliphatic carboxylic acids is 6. The molecule has 0 spiro atoms. The van der Waals surface area contributed by atoms with Crippen molar-refractivity contribution in [3.63, 3.8) is 0 Å². The van der Waals surface area contributed by atoms with Gasteiger partial charge in [-0.05, 0) is 76.3 Å². The minimum atomic E-state index is -1.01. The quantitative estimate of drug-likeness (QED) is 0.0283. The Labute approximate surface area is 685 Å². The molecule has 2 saturated heterocycles. The molecule has 7 rings (SSSR count). The van der Waals surface area contributed by atoms with Gasteiger partial charge < -0.3 is 51.6 Å². The average Bonchev–Trinajstić information content (AvgIpc) is 0.839. The number of carbonyl (C=O) groups excluding carboxylic acids is 4. The predicted molar refractivity (Wildman–Crippen MR) is 391 cm³/mol. The second kappa shape index (κ2) is 52.2. The molecule has 2 fully saturated rings. The molecule has 5 aromatic carbocycles. The summed E-state index contributed by atoms with van der Waals surface area (Å²) in [4.78, 5) is 134. The maximum atomic E-state index is 13.1. The van der Waals surface area contributed by atoms with Crippen LogP contribution in [0.15, 0.2) is 121 Å². The fourth-order valence-electron chi connectivity index (χ4n) is 12.0. The molecule has 30 heteroatoms. The Kier molecular flexibility index (Phi) is 46.4. The predicted octanol–water partition coefficient (Wildman–Crippen LogP) is 2.82. The van der Waals surface area contributed by atoms with E-state index in [4.69, 9.17) is 20.9 Å². The molecule has 0 amide bonds. The van der Waals surface area contributed by atoms with Crippen LogP contribution in [0.1, 0.15) is 60.1 Å². The van der Waals surface area contributed by atoms with E-state index in [1.165, 1.54) is 0 Å². The number of nitrogens with two attached hydrogens (primary N) is 2. The van der Waals surface area contributed by atoms with E-state index in [0.717, 1.165) is 50.6 Å². The molecule has 0 aromatic heterocycles. The van der Waals surface area contributed by atoms with Gasteiger partial charge in [-0.1, -0.05) is 129 Å². The maximum Gasteiger partial charge on any atom is 0.317 e. The number of rotatable bonds is 37. The van der Waals surface area contributed by atoms with Crippen LogP contribution in [-0.2, 0) is 96.3 Å². The number of carboxylic acids is 6. The Hall–Kier alpha value is -5.97. The second-order valence-electron chi connectivity index (χ2n) is 26.3. The zero-order chi connectivity index (χ0) is 74.5. The van der Waals surface area contributed by atoms with Crippen molar-refractivity contribution < 1.29 is 168 Å². The first kappa shape index (κ1) is 94.2. The number of fused-ring (bicyclic) bond motifs is 1. The molecule has 106 heavy (non-hydrogen) atoms. The number of carbonyl (C=O) groups is 10. The Balaban J connectivity index is 0.000000536. The fourth-order valence-corrected chi connectivity index (χ4v) is 12.0. The van der Waals surface area contributed by atoms with E-state index in [-0.39, 0.29) is 196 Å². The van der Waals surface area contributed by atoms with E-state index in [0.29, 0.717) is 137 Å². The molecule has 0 aliphatic carbocycles. The minimum Gasteiger partial charge on any atom is -0.480 e. The van der Waals surface area contributed by atoms with Gasteiger partial charge >= 0.3 is 35.8 Å². The number of aryl methyl sites for hydroxylation is 3. The Bertz CT molecular complexity index is 3470. The number of ether oxygens (including phenoxy) is 2. The molecule has 5 aromatic rings. The van der Waals surface area contributed by atoms with Crippen LogP contribution in [0.4, 0.5) is 0 Å². The summed E-state index contributed by atoms with van der Waals surface area (Å²) in [6, 6.07) is 38.0. The van der Waals surface area contributed by atoms with Gasteiger partial charge in [0.2, 0.25) is 0 Å². The van der Waals surface area contributed by atoms with Crippen molar-refractivity contribution >= 4 is 69.7 Å². The number of Topliss-reactive ketones (excluding diaryl/α,β-unsaturated/α-hetero) is 4. The summed E-state index contributed by atoms with van der Waals surface area (Å²) < 4.78 is 11.3. The van der Waals surface area contributed by atoms with Crippen LogP contribution in [0, 0.1) is 79.9 Å². The molecule has 0 saturated carbocycles. The van der Waals surface area contributed by atoms with Gasteiger partial charge in [0.15, 0.2) is 11.6 Å². The molecule has 0 radical (unpaired) electrons. The SMILES string of the molecule is C.N[C@H](CCc1ccccc1)C(=O)COCc1ccc(CCC(=O)CN2CCN(CC(=O)O)CCN(CC(=O)O)CCN(CC(=O)O)CC2)cc1.N[C@H](Cc1ccc2ccccc2c1)C(=O)COCc1ccc(CCC(=O)CN2CCN(CC(=O)O)CCN(CC(=O)O)CCN(CC(=O)O)CC2)cc1.[Gd].[Gd]. The summed E-state index contributed by atoms with van der Waals surface area (Å²) in [6.07, 6.45) is 3.34. The summed E-state index contributed by atoms with van der Waals surface area (Å²) in [5.41, 5.74) is 18.1. The van der Waals surface area contributed by atoms with Gasteiger partial charge in [0.25, 0.3) is 0 Å². The largest absolute Gasteiger partial charge is 0.480 e. The van der Waals surface area contributed by atoms with Crippen molar-refractivity contribution in [2.75, 3.05) is 170 Å². The summed E-state index contributed by atoms with van der Waals surface area (Å²) in [5.74, 6) is -6.32. The Morgan fingerprint density at radius 3 is 0.934 bits per heavy atom. The van der Waals surface area contributed by atoms with E-state index in [1.54, 1.807) is 29.4 Å². The molecule has 0 bridgehead atoms. The number of nitrogens with zero attached hydrogens (tertiary/aromatic N) is 8. The van der Waals surface area contributed by atoms with Crippen LogP contribution in [0.5, 0.6) is 0 Å².